The molecule has 1 atom stereocenters. The van der Waals surface area contributed by atoms with E-state index < -0.39 is 11.5 Å². The summed E-state index contributed by atoms with van der Waals surface area (Å²) >= 11 is 6.15. The molecule has 4 nitrogen and oxygen atoms in total. The van der Waals surface area contributed by atoms with Crippen molar-refractivity contribution in [3.63, 3.8) is 0 Å². The molecule has 0 aromatic heterocycles. The van der Waals surface area contributed by atoms with Crippen molar-refractivity contribution in [2.75, 3.05) is 26.8 Å². The van der Waals surface area contributed by atoms with Crippen LogP contribution in [0.15, 0.2) is 24.3 Å². The first kappa shape index (κ1) is 16.7. The molecule has 0 bridgehead atoms. The van der Waals surface area contributed by atoms with Gasteiger partial charge in [-0.05, 0) is 49.3 Å². The molecule has 1 saturated carbocycles. The van der Waals surface area contributed by atoms with Gasteiger partial charge in [0.2, 0.25) is 5.91 Å². The van der Waals surface area contributed by atoms with Crippen molar-refractivity contribution in [2.45, 2.75) is 37.2 Å². The van der Waals surface area contributed by atoms with Crippen LogP contribution in [-0.2, 0) is 14.9 Å². The van der Waals surface area contributed by atoms with Crippen molar-refractivity contribution in [1.29, 1.82) is 0 Å². The molecule has 23 heavy (non-hydrogen) atoms. The van der Waals surface area contributed by atoms with Gasteiger partial charge in [-0.1, -0.05) is 23.7 Å². The summed E-state index contributed by atoms with van der Waals surface area (Å²) in [7, 11) is 1.79. The molecule has 1 amide bonds. The number of ether oxygens (including phenoxy) is 1. The number of likely N-dealkylation sites (N-methyl/N-ethyl adjacent to an activating group) is 1. The highest BCUT2D eigenvalue weighted by Gasteiger charge is 2.44. The Morgan fingerprint density at radius 1 is 1.43 bits per heavy atom. The number of benzene rings is 1. The maximum Gasteiger partial charge on any atom is 0.233 e. The number of aliphatic hydroxyl groups excluding tert-OH is 1. The van der Waals surface area contributed by atoms with Crippen LogP contribution in [0.1, 0.15) is 31.2 Å². The van der Waals surface area contributed by atoms with E-state index in [1.54, 1.807) is 11.9 Å². The Morgan fingerprint density at radius 3 is 2.74 bits per heavy atom. The van der Waals surface area contributed by atoms with Gasteiger partial charge in [-0.2, -0.15) is 0 Å². The van der Waals surface area contributed by atoms with E-state index in [9.17, 15) is 9.90 Å². The molecule has 0 spiro atoms. The van der Waals surface area contributed by atoms with Crippen LogP contribution in [0.5, 0.6) is 0 Å². The molecule has 2 fully saturated rings. The summed E-state index contributed by atoms with van der Waals surface area (Å²) in [5.74, 6) is 0.421. The number of halogens is 1. The zero-order valence-electron chi connectivity index (χ0n) is 13.5. The third-order valence-corrected chi connectivity index (χ3v) is 5.34. The third-order valence-electron chi connectivity index (χ3n) is 5.11. The molecule has 1 heterocycles. The van der Waals surface area contributed by atoms with Gasteiger partial charge in [0.1, 0.15) is 0 Å². The normalized spacial score (nSPS) is 21.7. The molecule has 1 aromatic carbocycles. The van der Waals surface area contributed by atoms with Crippen molar-refractivity contribution in [3.8, 4) is 0 Å². The lowest BCUT2D eigenvalue weighted by atomic mass is 9.73. The molecule has 1 aliphatic carbocycles. The number of hydrogen-bond acceptors (Lipinski definition) is 3. The van der Waals surface area contributed by atoms with Crippen LogP contribution in [-0.4, -0.2) is 48.8 Å². The van der Waals surface area contributed by atoms with Crippen LogP contribution < -0.4 is 0 Å². The quantitative estimate of drug-likeness (QED) is 0.898. The molecule has 2 aliphatic rings. The highest BCUT2D eigenvalue weighted by molar-refractivity contribution is 6.30. The Bertz CT molecular complexity index is 567. The first-order chi connectivity index (χ1) is 11.0. The monoisotopic (exact) mass is 337 g/mol. The van der Waals surface area contributed by atoms with Gasteiger partial charge in [-0.25, -0.2) is 0 Å². The predicted octanol–water partition coefficient (Wildman–Crippen LogP) is 2.62. The predicted molar refractivity (Wildman–Crippen MR) is 89.6 cm³/mol. The van der Waals surface area contributed by atoms with E-state index in [0.717, 1.165) is 18.4 Å². The number of carbonyl (C=O) groups excluding carboxylic acids is 1. The molecule has 1 N–H and O–H groups in total. The summed E-state index contributed by atoms with van der Waals surface area (Å²) in [5.41, 5.74) is 0.354. The van der Waals surface area contributed by atoms with E-state index in [2.05, 4.69) is 0 Å². The largest absolute Gasteiger partial charge is 0.391 e. The van der Waals surface area contributed by atoms with Crippen molar-refractivity contribution in [1.82, 2.24) is 4.90 Å². The molecular weight excluding hydrogens is 314 g/mol. The maximum atomic E-state index is 13.2. The zero-order valence-corrected chi connectivity index (χ0v) is 14.3. The highest BCUT2D eigenvalue weighted by atomic mass is 35.5. The van der Waals surface area contributed by atoms with Crippen LogP contribution in [0, 0.1) is 5.92 Å². The fourth-order valence-corrected chi connectivity index (χ4v) is 3.68. The molecule has 0 radical (unpaired) electrons. The maximum absolute atomic E-state index is 13.2. The van der Waals surface area contributed by atoms with Crippen molar-refractivity contribution >= 4 is 17.5 Å². The minimum Gasteiger partial charge on any atom is -0.391 e. The lowest BCUT2D eigenvalue weighted by Crippen LogP contribution is -2.50. The lowest BCUT2D eigenvalue weighted by molar-refractivity contribution is -0.141. The van der Waals surface area contributed by atoms with Gasteiger partial charge in [0.25, 0.3) is 0 Å². The van der Waals surface area contributed by atoms with E-state index in [4.69, 9.17) is 16.3 Å². The molecular formula is C18H24ClNO3. The van der Waals surface area contributed by atoms with Gasteiger partial charge in [0.05, 0.1) is 11.5 Å². The minimum atomic E-state index is -0.596. The van der Waals surface area contributed by atoms with Crippen LogP contribution in [0.25, 0.3) is 0 Å². The second kappa shape index (κ2) is 6.80. The summed E-state index contributed by atoms with van der Waals surface area (Å²) in [5, 5.41) is 10.8. The number of rotatable bonds is 5. The summed E-state index contributed by atoms with van der Waals surface area (Å²) in [6, 6.07) is 7.57. The van der Waals surface area contributed by atoms with Crippen LogP contribution in [0.2, 0.25) is 5.02 Å². The van der Waals surface area contributed by atoms with Gasteiger partial charge < -0.3 is 14.7 Å². The topological polar surface area (TPSA) is 49.8 Å². The Hall–Kier alpha value is -1.10. The first-order valence-electron chi connectivity index (χ1n) is 8.30. The second-order valence-electron chi connectivity index (χ2n) is 6.80. The van der Waals surface area contributed by atoms with Crippen molar-refractivity contribution < 1.29 is 14.6 Å². The van der Waals surface area contributed by atoms with E-state index in [1.165, 1.54) is 0 Å². The van der Waals surface area contributed by atoms with E-state index in [-0.39, 0.29) is 5.91 Å². The van der Waals surface area contributed by atoms with Crippen LogP contribution >= 0.6 is 11.6 Å². The van der Waals surface area contributed by atoms with Crippen LogP contribution in [0.4, 0.5) is 0 Å². The van der Waals surface area contributed by atoms with E-state index >= 15 is 0 Å². The Labute approximate surface area is 142 Å². The second-order valence-corrected chi connectivity index (χ2v) is 7.23. The van der Waals surface area contributed by atoms with Crippen molar-refractivity contribution in [2.24, 2.45) is 5.92 Å². The summed E-state index contributed by atoms with van der Waals surface area (Å²) in [4.78, 5) is 14.9. The summed E-state index contributed by atoms with van der Waals surface area (Å²) < 4.78 is 5.48. The SMILES string of the molecule is CN(CC(O)C1CC1)C(=O)C1(c2cccc(Cl)c2)CCOCC1. The van der Waals surface area contributed by atoms with E-state index in [1.807, 2.05) is 24.3 Å². The molecule has 3 rings (SSSR count). The van der Waals surface area contributed by atoms with Gasteiger partial charge in [0.15, 0.2) is 0 Å². The molecule has 1 aromatic rings. The number of hydrogen-bond donors (Lipinski definition) is 1. The fourth-order valence-electron chi connectivity index (χ4n) is 3.49. The van der Waals surface area contributed by atoms with Gasteiger partial charge in [-0.15, -0.1) is 0 Å². The standard InChI is InChI=1S/C18H24ClNO3/c1-20(12-16(21)13-5-6-13)17(22)18(7-9-23-10-8-18)14-3-2-4-15(19)11-14/h2-4,11,13,16,21H,5-10,12H2,1H3. The smallest absolute Gasteiger partial charge is 0.233 e. The molecule has 1 unspecified atom stereocenters. The van der Waals surface area contributed by atoms with Gasteiger partial charge >= 0.3 is 0 Å². The summed E-state index contributed by atoms with van der Waals surface area (Å²) in [6.45, 7) is 1.53. The molecule has 5 heteroatoms. The third kappa shape index (κ3) is 3.54. The van der Waals surface area contributed by atoms with Crippen molar-refractivity contribution in [3.05, 3.63) is 34.9 Å². The Morgan fingerprint density at radius 2 is 2.13 bits per heavy atom. The van der Waals surface area contributed by atoms with Gasteiger partial charge in [0, 0.05) is 31.8 Å². The average Bonchev–Trinajstić information content (AvgIpc) is 3.39. The Balaban J connectivity index is 1.84. The fraction of sp³-hybridized carbons (Fsp3) is 0.611. The first-order valence-corrected chi connectivity index (χ1v) is 8.68. The molecule has 1 saturated heterocycles. The number of nitrogens with zero attached hydrogens (tertiary/aromatic N) is 1. The molecule has 126 valence electrons. The minimum absolute atomic E-state index is 0.0581. The molecule has 1 aliphatic heterocycles. The average molecular weight is 338 g/mol. The summed E-state index contributed by atoms with van der Waals surface area (Å²) in [6.07, 6.45) is 3.01. The number of aliphatic hydroxyl groups is 1. The number of carbonyl (C=O) groups is 1. The number of amides is 1. The lowest BCUT2D eigenvalue weighted by Gasteiger charge is -2.39. The van der Waals surface area contributed by atoms with Crippen LogP contribution in [0.3, 0.4) is 0 Å². The highest BCUT2D eigenvalue weighted by Crippen LogP contribution is 2.38. The van der Waals surface area contributed by atoms with E-state index in [0.29, 0.717) is 43.5 Å². The van der Waals surface area contributed by atoms with Gasteiger partial charge in [-0.3, -0.25) is 4.79 Å². The zero-order chi connectivity index (χ0) is 16.4. The Kier molecular flexibility index (Phi) is 4.95.